The first kappa shape index (κ1) is 12.8. The van der Waals surface area contributed by atoms with Crippen LogP contribution in [0.1, 0.15) is 15.9 Å². The first-order valence-corrected chi connectivity index (χ1v) is 5.60. The van der Waals surface area contributed by atoms with Crippen LogP contribution in [0.5, 0.6) is 5.75 Å². The molecule has 1 aromatic heterocycles. The van der Waals surface area contributed by atoms with E-state index in [1.807, 2.05) is 25.1 Å². The number of ether oxygens (including phenoxy) is 1. The molecule has 0 radical (unpaired) electrons. The highest BCUT2D eigenvalue weighted by molar-refractivity contribution is 5.97. The van der Waals surface area contributed by atoms with E-state index >= 15 is 0 Å². The fraction of sp³-hybridized carbons (Fsp3) is 0.154. The van der Waals surface area contributed by atoms with Crippen molar-refractivity contribution in [3.8, 4) is 17.1 Å². The number of aryl methyl sites for hydroxylation is 1. The molecule has 98 valence electrons. The lowest BCUT2D eigenvalue weighted by molar-refractivity contribution is 0.100. The van der Waals surface area contributed by atoms with Gasteiger partial charge in [-0.25, -0.2) is 9.97 Å². The fourth-order valence-corrected chi connectivity index (χ4v) is 1.70. The molecule has 0 fully saturated rings. The Bertz CT molecular complexity index is 641. The van der Waals surface area contributed by atoms with Crippen LogP contribution in [-0.4, -0.2) is 23.0 Å². The molecule has 4 N–H and O–H groups in total. The average Bonchev–Trinajstić information content (AvgIpc) is 2.37. The highest BCUT2D eigenvalue weighted by Gasteiger charge is 2.13. The third-order valence-corrected chi connectivity index (χ3v) is 2.68. The topological polar surface area (TPSA) is 104 Å². The highest BCUT2D eigenvalue weighted by atomic mass is 16.5. The molecule has 2 rings (SSSR count). The van der Waals surface area contributed by atoms with Gasteiger partial charge in [-0.2, -0.15) is 0 Å². The molecule has 1 aromatic carbocycles. The number of amides is 1. The number of carbonyl (C=O) groups excluding carboxylic acids is 1. The lowest BCUT2D eigenvalue weighted by atomic mass is 10.1. The zero-order valence-corrected chi connectivity index (χ0v) is 10.7. The van der Waals surface area contributed by atoms with Gasteiger partial charge in [-0.05, 0) is 24.6 Å². The molecule has 0 atom stereocenters. The summed E-state index contributed by atoms with van der Waals surface area (Å²) in [6.07, 6.45) is 1.32. The molecule has 2 aromatic rings. The number of anilines is 1. The Morgan fingerprint density at radius 2 is 2.11 bits per heavy atom. The smallest absolute Gasteiger partial charge is 0.254 e. The molecule has 0 aliphatic heterocycles. The Balaban J connectivity index is 2.54. The van der Waals surface area contributed by atoms with Crippen molar-refractivity contribution in [1.82, 2.24) is 9.97 Å². The number of hydrogen-bond donors (Lipinski definition) is 2. The lowest BCUT2D eigenvalue weighted by Gasteiger charge is -2.09. The van der Waals surface area contributed by atoms with Crippen LogP contribution in [0, 0.1) is 6.92 Å². The summed E-state index contributed by atoms with van der Waals surface area (Å²) in [6, 6.07) is 5.63. The number of methoxy groups -OCH3 is 1. The monoisotopic (exact) mass is 258 g/mol. The van der Waals surface area contributed by atoms with Crippen molar-refractivity contribution < 1.29 is 9.53 Å². The minimum atomic E-state index is -0.653. The summed E-state index contributed by atoms with van der Waals surface area (Å²) in [5, 5.41) is 0. The number of nitrogens with two attached hydrogens (primary N) is 2. The molecule has 1 heterocycles. The predicted molar refractivity (Wildman–Crippen MR) is 71.7 cm³/mol. The predicted octanol–water partition coefficient (Wildman–Crippen LogP) is 1.14. The Kier molecular flexibility index (Phi) is 3.33. The van der Waals surface area contributed by atoms with Crippen LogP contribution in [0.2, 0.25) is 0 Å². The second kappa shape index (κ2) is 4.93. The van der Waals surface area contributed by atoms with Gasteiger partial charge in [-0.1, -0.05) is 6.07 Å². The number of nitrogen functional groups attached to an aromatic ring is 1. The lowest BCUT2D eigenvalue weighted by Crippen LogP contribution is -2.15. The molecule has 0 aliphatic carbocycles. The van der Waals surface area contributed by atoms with Gasteiger partial charge < -0.3 is 16.2 Å². The molecular weight excluding hydrogens is 244 g/mol. The van der Waals surface area contributed by atoms with Crippen LogP contribution in [0.15, 0.2) is 24.4 Å². The van der Waals surface area contributed by atoms with Crippen LogP contribution in [-0.2, 0) is 0 Å². The summed E-state index contributed by atoms with van der Waals surface area (Å²) >= 11 is 0. The largest absolute Gasteiger partial charge is 0.496 e. The second-order valence-electron chi connectivity index (χ2n) is 4.06. The maximum Gasteiger partial charge on any atom is 0.254 e. The van der Waals surface area contributed by atoms with Crippen molar-refractivity contribution in [1.29, 1.82) is 0 Å². The molecule has 19 heavy (non-hydrogen) atoms. The first-order chi connectivity index (χ1) is 9.02. The Morgan fingerprint density at radius 3 is 2.68 bits per heavy atom. The Morgan fingerprint density at radius 1 is 1.37 bits per heavy atom. The summed E-state index contributed by atoms with van der Waals surface area (Å²) in [6.45, 7) is 1.96. The maximum atomic E-state index is 11.1. The van der Waals surface area contributed by atoms with Gasteiger partial charge in [0.2, 0.25) is 0 Å². The third-order valence-electron chi connectivity index (χ3n) is 2.68. The van der Waals surface area contributed by atoms with E-state index in [0.717, 1.165) is 5.56 Å². The third kappa shape index (κ3) is 2.47. The van der Waals surface area contributed by atoms with Gasteiger partial charge in [-0.15, -0.1) is 0 Å². The maximum absolute atomic E-state index is 11.1. The summed E-state index contributed by atoms with van der Waals surface area (Å²) < 4.78 is 5.29. The number of nitrogens with zero attached hydrogens (tertiary/aromatic N) is 2. The van der Waals surface area contributed by atoms with Crippen molar-refractivity contribution in [3.63, 3.8) is 0 Å². The van der Waals surface area contributed by atoms with Gasteiger partial charge in [0, 0.05) is 6.20 Å². The van der Waals surface area contributed by atoms with Crippen molar-refractivity contribution in [3.05, 3.63) is 35.5 Å². The minimum Gasteiger partial charge on any atom is -0.496 e. The van der Waals surface area contributed by atoms with Crippen molar-refractivity contribution in [2.75, 3.05) is 12.8 Å². The zero-order valence-electron chi connectivity index (χ0n) is 10.7. The van der Waals surface area contributed by atoms with Gasteiger partial charge in [-0.3, -0.25) is 4.79 Å². The summed E-state index contributed by atoms with van der Waals surface area (Å²) in [5.74, 6) is 0.436. The number of primary amides is 1. The van der Waals surface area contributed by atoms with Crippen molar-refractivity contribution in [2.45, 2.75) is 6.92 Å². The second-order valence-corrected chi connectivity index (χ2v) is 4.06. The first-order valence-electron chi connectivity index (χ1n) is 5.60. The number of rotatable bonds is 3. The van der Waals surface area contributed by atoms with Crippen LogP contribution in [0.3, 0.4) is 0 Å². The molecule has 6 nitrogen and oxygen atoms in total. The normalized spacial score (nSPS) is 10.2. The van der Waals surface area contributed by atoms with Gasteiger partial charge in [0.15, 0.2) is 5.82 Å². The Labute approximate surface area is 110 Å². The van der Waals surface area contributed by atoms with Crippen molar-refractivity contribution >= 4 is 11.7 Å². The van der Waals surface area contributed by atoms with Gasteiger partial charge in [0.25, 0.3) is 5.91 Å². The van der Waals surface area contributed by atoms with Crippen LogP contribution in [0.4, 0.5) is 5.82 Å². The SMILES string of the molecule is COc1cc(C)ccc1-c1ncc(C(N)=O)c(N)n1. The summed E-state index contributed by atoms with van der Waals surface area (Å²) in [5.41, 5.74) is 12.7. The number of carbonyl (C=O) groups is 1. The van der Waals surface area contributed by atoms with Crippen LogP contribution < -0.4 is 16.2 Å². The van der Waals surface area contributed by atoms with Crippen LogP contribution >= 0.6 is 0 Å². The zero-order chi connectivity index (χ0) is 14.0. The Hall–Kier alpha value is -2.63. The standard InChI is InChI=1S/C13H14N4O2/c1-7-3-4-8(10(5-7)19-2)13-16-6-9(12(15)18)11(14)17-13/h3-6H,1-2H3,(H2,15,18)(H2,14,16,17). The number of hydrogen-bond acceptors (Lipinski definition) is 5. The fourth-order valence-electron chi connectivity index (χ4n) is 1.70. The van der Waals surface area contributed by atoms with E-state index in [0.29, 0.717) is 17.1 Å². The van der Waals surface area contributed by atoms with E-state index in [1.54, 1.807) is 7.11 Å². The van der Waals surface area contributed by atoms with Gasteiger partial charge in [0.1, 0.15) is 11.6 Å². The van der Waals surface area contributed by atoms with Gasteiger partial charge >= 0.3 is 0 Å². The molecule has 0 unspecified atom stereocenters. The number of aromatic nitrogens is 2. The van der Waals surface area contributed by atoms with E-state index < -0.39 is 5.91 Å². The van der Waals surface area contributed by atoms with E-state index in [-0.39, 0.29) is 11.4 Å². The molecule has 0 saturated heterocycles. The average molecular weight is 258 g/mol. The molecule has 0 bridgehead atoms. The molecule has 0 spiro atoms. The van der Waals surface area contributed by atoms with Gasteiger partial charge in [0.05, 0.1) is 18.2 Å². The molecule has 6 heteroatoms. The van der Waals surface area contributed by atoms with E-state index in [1.165, 1.54) is 6.20 Å². The van der Waals surface area contributed by atoms with Crippen molar-refractivity contribution in [2.24, 2.45) is 5.73 Å². The molecule has 0 aliphatic rings. The quantitative estimate of drug-likeness (QED) is 0.859. The number of benzene rings is 1. The minimum absolute atomic E-state index is 0.0557. The summed E-state index contributed by atoms with van der Waals surface area (Å²) in [7, 11) is 1.57. The van der Waals surface area contributed by atoms with Crippen LogP contribution in [0.25, 0.3) is 11.4 Å². The molecular formula is C13H14N4O2. The van der Waals surface area contributed by atoms with E-state index in [2.05, 4.69) is 9.97 Å². The van der Waals surface area contributed by atoms with E-state index in [9.17, 15) is 4.79 Å². The van der Waals surface area contributed by atoms with E-state index in [4.69, 9.17) is 16.2 Å². The molecule has 1 amide bonds. The molecule has 0 saturated carbocycles. The highest BCUT2D eigenvalue weighted by Crippen LogP contribution is 2.28. The summed E-state index contributed by atoms with van der Waals surface area (Å²) in [4.78, 5) is 19.3.